The van der Waals surface area contributed by atoms with Crippen LogP contribution in [0.4, 0.5) is 0 Å². The Bertz CT molecular complexity index is 59.8. The van der Waals surface area contributed by atoms with Crippen LogP contribution in [0.5, 0.6) is 0 Å². The van der Waals surface area contributed by atoms with Gasteiger partial charge in [0.1, 0.15) is 0 Å². The number of aliphatic imine (C=N–C) groups is 1. The molecule has 2 nitrogen and oxygen atoms in total. The van der Waals surface area contributed by atoms with Gasteiger partial charge in [0.05, 0.1) is 4.62 Å². The summed E-state index contributed by atoms with van der Waals surface area (Å²) in [5, 5.41) is 0. The highest BCUT2D eigenvalue weighted by molar-refractivity contribution is 9.18. The number of halogens is 1. The molecule has 0 aliphatic heterocycles. The van der Waals surface area contributed by atoms with Crippen molar-refractivity contribution >= 4 is 20.6 Å². The molecule has 0 atom stereocenters. The second kappa shape index (κ2) is 3.31. The molecule has 36 valence electrons. The highest BCUT2D eigenvalue weighted by Gasteiger charge is 1.78. The molecule has 0 bridgehead atoms. The third kappa shape index (κ3) is 2.35. The lowest BCUT2D eigenvalue weighted by Gasteiger charge is -1.82. The van der Waals surface area contributed by atoms with Crippen LogP contribution in [-0.4, -0.2) is 18.2 Å². The minimum Gasteiger partial charge on any atom is -0.325 e. The van der Waals surface area contributed by atoms with Gasteiger partial charge in [0.2, 0.25) is 0 Å². The average molecular weight is 151 g/mol. The minimum absolute atomic E-state index is 0.497. The smallest absolute Gasteiger partial charge is 0.0906 e. The van der Waals surface area contributed by atoms with E-state index in [1.54, 1.807) is 7.05 Å². The zero-order valence-corrected chi connectivity index (χ0v) is 5.20. The fourth-order valence-corrected chi connectivity index (χ4v) is 0.0913. The van der Waals surface area contributed by atoms with Crippen molar-refractivity contribution in [3.05, 3.63) is 0 Å². The Morgan fingerprint density at radius 2 is 2.50 bits per heavy atom. The molecular weight excluding hydrogens is 144 g/mol. The second-order valence-electron chi connectivity index (χ2n) is 0.804. The summed E-state index contributed by atoms with van der Waals surface area (Å²) in [5.41, 5.74) is 5.10. The van der Waals surface area contributed by atoms with E-state index < -0.39 is 0 Å². The molecule has 0 rings (SSSR count). The standard InChI is InChI=1S/C3H7BrN2/c1-6-3(4)2-5/h2,5H2,1H3. The molecule has 0 fully saturated rings. The van der Waals surface area contributed by atoms with Gasteiger partial charge in [0, 0.05) is 13.6 Å². The van der Waals surface area contributed by atoms with Crippen LogP contribution in [0, 0.1) is 0 Å². The summed E-state index contributed by atoms with van der Waals surface area (Å²) in [4.78, 5) is 3.72. The van der Waals surface area contributed by atoms with Gasteiger partial charge in [0.15, 0.2) is 0 Å². The summed E-state index contributed by atoms with van der Waals surface area (Å²) < 4.78 is 0.808. The van der Waals surface area contributed by atoms with Crippen LogP contribution in [0.1, 0.15) is 0 Å². The molecule has 0 radical (unpaired) electrons. The van der Waals surface area contributed by atoms with Gasteiger partial charge in [-0.05, 0) is 15.9 Å². The van der Waals surface area contributed by atoms with E-state index in [0.29, 0.717) is 6.54 Å². The zero-order valence-electron chi connectivity index (χ0n) is 3.61. The van der Waals surface area contributed by atoms with Crippen molar-refractivity contribution in [2.45, 2.75) is 0 Å². The molecule has 0 unspecified atom stereocenters. The van der Waals surface area contributed by atoms with Gasteiger partial charge in [-0.3, -0.25) is 4.99 Å². The van der Waals surface area contributed by atoms with Gasteiger partial charge in [-0.1, -0.05) is 0 Å². The molecule has 0 saturated heterocycles. The predicted octanol–water partition coefficient (Wildman–Crippen LogP) is 0.368. The Kier molecular flexibility index (Phi) is 3.37. The summed E-state index contributed by atoms with van der Waals surface area (Å²) in [7, 11) is 1.69. The van der Waals surface area contributed by atoms with Crippen LogP contribution in [0.2, 0.25) is 0 Å². The fourth-order valence-electron chi connectivity index (χ4n) is 0.0913. The molecule has 3 heteroatoms. The first-order valence-electron chi connectivity index (χ1n) is 1.62. The lowest BCUT2D eigenvalue weighted by Crippen LogP contribution is -2.05. The highest BCUT2D eigenvalue weighted by Crippen LogP contribution is 1.81. The highest BCUT2D eigenvalue weighted by atomic mass is 79.9. The maximum absolute atomic E-state index is 5.10. The van der Waals surface area contributed by atoms with Gasteiger partial charge in [-0.2, -0.15) is 0 Å². The van der Waals surface area contributed by atoms with E-state index in [4.69, 9.17) is 5.73 Å². The summed E-state index contributed by atoms with van der Waals surface area (Å²) in [6.07, 6.45) is 0. The van der Waals surface area contributed by atoms with Crippen molar-refractivity contribution < 1.29 is 0 Å². The molecule has 0 heterocycles. The molecular formula is C3H7BrN2. The number of rotatable bonds is 1. The lowest BCUT2D eigenvalue weighted by atomic mass is 10.7. The van der Waals surface area contributed by atoms with Gasteiger partial charge in [0.25, 0.3) is 0 Å². The van der Waals surface area contributed by atoms with Gasteiger partial charge >= 0.3 is 0 Å². The van der Waals surface area contributed by atoms with Crippen LogP contribution >= 0.6 is 15.9 Å². The topological polar surface area (TPSA) is 38.4 Å². The molecule has 0 amide bonds. The minimum atomic E-state index is 0.497. The molecule has 6 heavy (non-hydrogen) atoms. The quantitative estimate of drug-likeness (QED) is 0.540. The summed E-state index contributed by atoms with van der Waals surface area (Å²) in [6.45, 7) is 0.497. The van der Waals surface area contributed by atoms with Crippen molar-refractivity contribution in [2.24, 2.45) is 10.7 Å². The maximum Gasteiger partial charge on any atom is 0.0906 e. The Morgan fingerprint density at radius 3 is 2.50 bits per heavy atom. The first-order chi connectivity index (χ1) is 2.81. The fraction of sp³-hybridized carbons (Fsp3) is 0.667. The van der Waals surface area contributed by atoms with E-state index in [0.717, 1.165) is 4.62 Å². The number of nitrogens with two attached hydrogens (primary N) is 1. The largest absolute Gasteiger partial charge is 0.325 e. The SMILES string of the molecule is CN=C(Br)CN. The van der Waals surface area contributed by atoms with Crippen LogP contribution in [-0.2, 0) is 0 Å². The third-order valence-electron chi connectivity index (χ3n) is 0.411. The molecule has 0 spiro atoms. The summed E-state index contributed by atoms with van der Waals surface area (Å²) in [6, 6.07) is 0. The zero-order chi connectivity index (χ0) is 4.99. The van der Waals surface area contributed by atoms with Crippen LogP contribution in [0.15, 0.2) is 4.99 Å². The molecule has 0 aliphatic rings. The molecule has 0 aromatic rings. The first-order valence-corrected chi connectivity index (χ1v) is 2.41. The van der Waals surface area contributed by atoms with E-state index in [1.165, 1.54) is 0 Å². The summed E-state index contributed by atoms with van der Waals surface area (Å²) in [5.74, 6) is 0. The van der Waals surface area contributed by atoms with Crippen LogP contribution in [0.3, 0.4) is 0 Å². The van der Waals surface area contributed by atoms with Crippen molar-refractivity contribution in [2.75, 3.05) is 13.6 Å². The Morgan fingerprint density at radius 1 is 2.00 bits per heavy atom. The van der Waals surface area contributed by atoms with Crippen molar-refractivity contribution in [1.82, 2.24) is 0 Å². The van der Waals surface area contributed by atoms with Crippen molar-refractivity contribution in [3.8, 4) is 0 Å². The maximum atomic E-state index is 5.10. The van der Waals surface area contributed by atoms with E-state index in [1.807, 2.05) is 0 Å². The van der Waals surface area contributed by atoms with E-state index in [-0.39, 0.29) is 0 Å². The van der Waals surface area contributed by atoms with Gasteiger partial charge in [-0.25, -0.2) is 0 Å². The summed E-state index contributed by atoms with van der Waals surface area (Å²) >= 11 is 3.10. The van der Waals surface area contributed by atoms with E-state index >= 15 is 0 Å². The normalized spacial score (nSPS) is 12.2. The first kappa shape index (κ1) is 6.11. The van der Waals surface area contributed by atoms with E-state index in [2.05, 4.69) is 20.9 Å². The monoisotopic (exact) mass is 150 g/mol. The second-order valence-corrected chi connectivity index (χ2v) is 1.72. The molecule has 0 aromatic heterocycles. The van der Waals surface area contributed by atoms with Crippen molar-refractivity contribution in [1.29, 1.82) is 0 Å². The molecule has 0 aliphatic carbocycles. The Hall–Kier alpha value is 0.110. The third-order valence-corrected chi connectivity index (χ3v) is 1.09. The van der Waals surface area contributed by atoms with Crippen molar-refractivity contribution in [3.63, 3.8) is 0 Å². The molecule has 0 saturated carbocycles. The van der Waals surface area contributed by atoms with Gasteiger partial charge < -0.3 is 5.73 Å². The lowest BCUT2D eigenvalue weighted by molar-refractivity contribution is 1.30. The molecule has 0 aromatic carbocycles. The molecule has 2 N–H and O–H groups in total. The van der Waals surface area contributed by atoms with Gasteiger partial charge in [-0.15, -0.1) is 0 Å². The predicted molar refractivity (Wildman–Crippen MR) is 31.3 cm³/mol. The van der Waals surface area contributed by atoms with Crippen LogP contribution < -0.4 is 5.73 Å². The number of nitrogens with zero attached hydrogens (tertiary/aromatic N) is 1. The Balaban J connectivity index is 3.22. The number of hydrogen-bond acceptors (Lipinski definition) is 2. The van der Waals surface area contributed by atoms with Crippen LogP contribution in [0.25, 0.3) is 0 Å². The Labute approximate surface area is 45.6 Å². The average Bonchev–Trinajstić information content (AvgIpc) is 1.65. The van der Waals surface area contributed by atoms with E-state index in [9.17, 15) is 0 Å². The number of hydrogen-bond donors (Lipinski definition) is 1.